The number of carbonyl (C=O) groups is 1. The predicted molar refractivity (Wildman–Crippen MR) is 82.3 cm³/mol. The molecular formula is C14H22ClN3O2. The zero-order chi connectivity index (χ0) is 14.8. The summed E-state index contributed by atoms with van der Waals surface area (Å²) in [5.41, 5.74) is 0.739. The summed E-state index contributed by atoms with van der Waals surface area (Å²) in [5.74, 6) is -0.0828. The molecule has 0 radical (unpaired) electrons. The Morgan fingerprint density at radius 3 is 2.60 bits per heavy atom. The van der Waals surface area contributed by atoms with Gasteiger partial charge < -0.3 is 20.3 Å². The molecule has 0 saturated heterocycles. The van der Waals surface area contributed by atoms with E-state index in [4.69, 9.17) is 16.3 Å². The molecule has 2 N–H and O–H groups in total. The first-order valence-corrected chi connectivity index (χ1v) is 6.94. The van der Waals surface area contributed by atoms with Crippen molar-refractivity contribution in [2.75, 3.05) is 52.3 Å². The Morgan fingerprint density at radius 1 is 1.25 bits per heavy atom. The van der Waals surface area contributed by atoms with Crippen LogP contribution in [0.1, 0.15) is 0 Å². The highest BCUT2D eigenvalue weighted by atomic mass is 35.5. The van der Waals surface area contributed by atoms with E-state index >= 15 is 0 Å². The Morgan fingerprint density at radius 2 is 1.95 bits per heavy atom. The van der Waals surface area contributed by atoms with E-state index in [1.807, 2.05) is 14.1 Å². The molecule has 0 aliphatic carbocycles. The van der Waals surface area contributed by atoms with Crippen LogP contribution in [-0.4, -0.2) is 57.8 Å². The van der Waals surface area contributed by atoms with E-state index in [9.17, 15) is 4.79 Å². The second kappa shape index (κ2) is 9.72. The number of nitrogens with zero attached hydrogens (tertiary/aromatic N) is 1. The summed E-state index contributed by atoms with van der Waals surface area (Å²) >= 11 is 5.77. The van der Waals surface area contributed by atoms with Gasteiger partial charge in [-0.1, -0.05) is 11.6 Å². The van der Waals surface area contributed by atoms with Gasteiger partial charge in [0.2, 0.25) is 5.91 Å². The molecule has 0 spiro atoms. The van der Waals surface area contributed by atoms with Gasteiger partial charge in [-0.2, -0.15) is 0 Å². The molecule has 1 aromatic carbocycles. The number of amides is 1. The molecule has 0 aromatic heterocycles. The quantitative estimate of drug-likeness (QED) is 0.678. The smallest absolute Gasteiger partial charge is 0.238 e. The van der Waals surface area contributed by atoms with Gasteiger partial charge in [0, 0.05) is 23.8 Å². The lowest BCUT2D eigenvalue weighted by Crippen LogP contribution is -2.31. The number of benzene rings is 1. The molecule has 1 amide bonds. The first-order valence-electron chi connectivity index (χ1n) is 6.56. The number of ether oxygens (including phenoxy) is 1. The van der Waals surface area contributed by atoms with Gasteiger partial charge in [0.1, 0.15) is 0 Å². The van der Waals surface area contributed by atoms with Crippen molar-refractivity contribution >= 4 is 23.2 Å². The Hall–Kier alpha value is -1.14. The van der Waals surface area contributed by atoms with Crippen molar-refractivity contribution in [3.8, 4) is 0 Å². The first-order chi connectivity index (χ1) is 9.58. The van der Waals surface area contributed by atoms with Crippen LogP contribution in [0, 0.1) is 0 Å². The highest BCUT2D eigenvalue weighted by Crippen LogP contribution is 2.12. The average molecular weight is 300 g/mol. The molecule has 1 aromatic rings. The number of carbonyl (C=O) groups excluding carboxylic acids is 1. The SMILES string of the molecule is CN(C)CCOCCNCC(=O)Nc1ccc(Cl)cc1. The molecule has 20 heavy (non-hydrogen) atoms. The van der Waals surface area contributed by atoms with Crippen LogP contribution >= 0.6 is 11.6 Å². The van der Waals surface area contributed by atoms with Crippen molar-refractivity contribution < 1.29 is 9.53 Å². The highest BCUT2D eigenvalue weighted by Gasteiger charge is 2.01. The van der Waals surface area contributed by atoms with Gasteiger partial charge in [-0.05, 0) is 38.4 Å². The third kappa shape index (κ3) is 8.12. The van der Waals surface area contributed by atoms with Crippen molar-refractivity contribution in [3.63, 3.8) is 0 Å². The Kier molecular flexibility index (Phi) is 8.22. The van der Waals surface area contributed by atoms with E-state index in [0.717, 1.165) is 12.2 Å². The van der Waals surface area contributed by atoms with Gasteiger partial charge in [-0.25, -0.2) is 0 Å². The van der Waals surface area contributed by atoms with Crippen LogP contribution < -0.4 is 10.6 Å². The maximum atomic E-state index is 11.6. The molecule has 0 bridgehead atoms. The van der Waals surface area contributed by atoms with Crippen LogP contribution in [-0.2, 0) is 9.53 Å². The Bertz CT molecular complexity index is 396. The predicted octanol–water partition coefficient (Wildman–Crippen LogP) is 1.45. The zero-order valence-corrected chi connectivity index (χ0v) is 12.7. The summed E-state index contributed by atoms with van der Waals surface area (Å²) in [6.07, 6.45) is 0. The zero-order valence-electron chi connectivity index (χ0n) is 12.0. The maximum absolute atomic E-state index is 11.6. The van der Waals surface area contributed by atoms with Gasteiger partial charge in [-0.3, -0.25) is 4.79 Å². The molecule has 6 heteroatoms. The molecule has 0 saturated carbocycles. The van der Waals surface area contributed by atoms with E-state index in [2.05, 4.69) is 15.5 Å². The number of nitrogens with one attached hydrogen (secondary N) is 2. The standard InChI is InChI=1S/C14H22ClN3O2/c1-18(2)8-10-20-9-7-16-11-14(19)17-13-5-3-12(15)4-6-13/h3-6,16H,7-11H2,1-2H3,(H,17,19). The summed E-state index contributed by atoms with van der Waals surface area (Å²) in [7, 11) is 4.01. The van der Waals surface area contributed by atoms with Crippen molar-refractivity contribution in [3.05, 3.63) is 29.3 Å². The van der Waals surface area contributed by atoms with Crippen LogP contribution in [0.5, 0.6) is 0 Å². The minimum atomic E-state index is -0.0828. The summed E-state index contributed by atoms with van der Waals surface area (Å²) in [4.78, 5) is 13.7. The second-order valence-electron chi connectivity index (χ2n) is 4.65. The average Bonchev–Trinajstić information content (AvgIpc) is 2.40. The van der Waals surface area contributed by atoms with Gasteiger partial charge in [0.15, 0.2) is 0 Å². The summed E-state index contributed by atoms with van der Waals surface area (Å²) in [6.45, 7) is 3.12. The number of halogens is 1. The van der Waals surface area contributed by atoms with E-state index in [1.165, 1.54) is 0 Å². The largest absolute Gasteiger partial charge is 0.379 e. The third-order valence-electron chi connectivity index (χ3n) is 2.52. The molecule has 0 aliphatic rings. The normalized spacial score (nSPS) is 10.8. The number of anilines is 1. The van der Waals surface area contributed by atoms with E-state index in [1.54, 1.807) is 24.3 Å². The van der Waals surface area contributed by atoms with E-state index in [-0.39, 0.29) is 12.5 Å². The summed E-state index contributed by atoms with van der Waals surface area (Å²) in [6, 6.07) is 7.02. The molecular weight excluding hydrogens is 278 g/mol. The van der Waals surface area contributed by atoms with Crippen molar-refractivity contribution in [1.29, 1.82) is 0 Å². The Balaban J connectivity index is 2.04. The second-order valence-corrected chi connectivity index (χ2v) is 5.08. The van der Waals surface area contributed by atoms with Gasteiger partial charge in [0.05, 0.1) is 19.8 Å². The van der Waals surface area contributed by atoms with E-state index < -0.39 is 0 Å². The fourth-order valence-corrected chi connectivity index (χ4v) is 1.56. The number of rotatable bonds is 9. The number of hydrogen-bond donors (Lipinski definition) is 2. The lowest BCUT2D eigenvalue weighted by molar-refractivity contribution is -0.115. The first kappa shape index (κ1) is 16.9. The molecule has 0 fully saturated rings. The highest BCUT2D eigenvalue weighted by molar-refractivity contribution is 6.30. The fourth-order valence-electron chi connectivity index (χ4n) is 1.43. The molecule has 5 nitrogen and oxygen atoms in total. The van der Waals surface area contributed by atoms with Crippen molar-refractivity contribution in [1.82, 2.24) is 10.2 Å². The van der Waals surface area contributed by atoms with Crippen LogP contribution in [0.3, 0.4) is 0 Å². The van der Waals surface area contributed by atoms with Gasteiger partial charge in [0.25, 0.3) is 0 Å². The van der Waals surface area contributed by atoms with Crippen LogP contribution in [0.4, 0.5) is 5.69 Å². The maximum Gasteiger partial charge on any atom is 0.238 e. The Labute approximate surface area is 125 Å². The van der Waals surface area contributed by atoms with Crippen LogP contribution in [0.15, 0.2) is 24.3 Å². The van der Waals surface area contributed by atoms with Crippen LogP contribution in [0.2, 0.25) is 5.02 Å². The van der Waals surface area contributed by atoms with Crippen molar-refractivity contribution in [2.24, 2.45) is 0 Å². The van der Waals surface area contributed by atoms with Gasteiger partial charge >= 0.3 is 0 Å². The molecule has 1 rings (SSSR count). The molecule has 112 valence electrons. The molecule has 0 atom stereocenters. The number of hydrogen-bond acceptors (Lipinski definition) is 4. The lowest BCUT2D eigenvalue weighted by Gasteiger charge is -2.10. The van der Waals surface area contributed by atoms with Crippen LogP contribution in [0.25, 0.3) is 0 Å². The molecule has 0 aliphatic heterocycles. The fraction of sp³-hybridized carbons (Fsp3) is 0.500. The lowest BCUT2D eigenvalue weighted by atomic mass is 10.3. The van der Waals surface area contributed by atoms with E-state index in [0.29, 0.717) is 24.8 Å². The van der Waals surface area contributed by atoms with Crippen molar-refractivity contribution in [2.45, 2.75) is 0 Å². The minimum absolute atomic E-state index is 0.0828. The summed E-state index contributed by atoms with van der Waals surface area (Å²) in [5, 5.41) is 6.46. The van der Waals surface area contributed by atoms with Gasteiger partial charge in [-0.15, -0.1) is 0 Å². The number of likely N-dealkylation sites (N-methyl/N-ethyl adjacent to an activating group) is 1. The summed E-state index contributed by atoms with van der Waals surface area (Å²) < 4.78 is 5.41. The minimum Gasteiger partial charge on any atom is -0.379 e. The monoisotopic (exact) mass is 299 g/mol. The topological polar surface area (TPSA) is 53.6 Å². The third-order valence-corrected chi connectivity index (χ3v) is 2.77. The molecule has 0 heterocycles. The molecule has 0 unspecified atom stereocenters.